The Kier molecular flexibility index (Phi) is 3.66. The molecule has 0 radical (unpaired) electrons. The summed E-state index contributed by atoms with van der Waals surface area (Å²) in [7, 11) is 0. The van der Waals surface area contributed by atoms with Crippen molar-refractivity contribution >= 4 is 39.1 Å². The van der Waals surface area contributed by atoms with E-state index in [4.69, 9.17) is 5.73 Å². The molecule has 96 valence electrons. The fourth-order valence-corrected chi connectivity index (χ4v) is 3.50. The number of aromatic nitrogens is 2. The van der Waals surface area contributed by atoms with Gasteiger partial charge in [0.1, 0.15) is 10.6 Å². The Morgan fingerprint density at radius 2 is 1.95 bits per heavy atom. The van der Waals surface area contributed by atoms with Crippen LogP contribution in [0.1, 0.15) is 5.56 Å². The number of nitrogens with two attached hydrogens (primary N) is 1. The molecule has 0 saturated heterocycles. The summed E-state index contributed by atoms with van der Waals surface area (Å²) in [5, 5.41) is 3.72. The summed E-state index contributed by atoms with van der Waals surface area (Å²) >= 11 is 3.25. The zero-order chi connectivity index (χ0) is 13.1. The number of rotatable bonds is 4. The van der Waals surface area contributed by atoms with E-state index in [9.17, 15) is 0 Å². The van der Waals surface area contributed by atoms with Crippen LogP contribution in [-0.4, -0.2) is 15.7 Å². The number of hydrogen-bond donors (Lipinski definition) is 1. The maximum Gasteiger partial charge on any atom is 0.190 e. The number of thiophene rings is 1. The van der Waals surface area contributed by atoms with Crippen LogP contribution in [0.4, 0.5) is 5.82 Å². The lowest BCUT2D eigenvalue weighted by Crippen LogP contribution is -1.96. The lowest BCUT2D eigenvalue weighted by atomic mass is 10.2. The Balaban J connectivity index is 1.68. The molecule has 3 aromatic rings. The van der Waals surface area contributed by atoms with Crippen molar-refractivity contribution in [3.05, 3.63) is 47.3 Å². The van der Waals surface area contributed by atoms with E-state index in [-0.39, 0.29) is 0 Å². The SMILES string of the molecule is Nc1nc(SCCc2ccccc2)nc2sccc12. The van der Waals surface area contributed by atoms with E-state index >= 15 is 0 Å². The second kappa shape index (κ2) is 5.59. The van der Waals surface area contributed by atoms with Crippen molar-refractivity contribution in [1.29, 1.82) is 0 Å². The Bertz CT molecular complexity index is 679. The standard InChI is InChI=1S/C14H13N3S2/c15-12-11-7-9-18-13(11)17-14(16-12)19-8-6-10-4-2-1-3-5-10/h1-5,7,9H,6,8H2,(H2,15,16,17). The van der Waals surface area contributed by atoms with Crippen molar-refractivity contribution in [3.8, 4) is 0 Å². The molecule has 0 aliphatic rings. The Labute approximate surface area is 119 Å². The number of fused-ring (bicyclic) bond motifs is 1. The molecule has 0 spiro atoms. The number of hydrogen-bond acceptors (Lipinski definition) is 5. The molecule has 2 N–H and O–H groups in total. The number of nitrogens with zero attached hydrogens (tertiary/aromatic N) is 2. The maximum atomic E-state index is 5.93. The Morgan fingerprint density at radius 3 is 2.79 bits per heavy atom. The first kappa shape index (κ1) is 12.4. The lowest BCUT2D eigenvalue weighted by Gasteiger charge is -2.02. The molecule has 2 aromatic heterocycles. The van der Waals surface area contributed by atoms with Gasteiger partial charge in [-0.25, -0.2) is 9.97 Å². The highest BCUT2D eigenvalue weighted by molar-refractivity contribution is 7.99. The molecule has 0 unspecified atom stereocenters. The molecule has 19 heavy (non-hydrogen) atoms. The number of benzene rings is 1. The van der Waals surface area contributed by atoms with Crippen molar-refractivity contribution < 1.29 is 0 Å². The second-order valence-electron chi connectivity index (χ2n) is 4.11. The highest BCUT2D eigenvalue weighted by Gasteiger charge is 2.06. The molecule has 0 aliphatic heterocycles. The minimum absolute atomic E-state index is 0.577. The van der Waals surface area contributed by atoms with Crippen molar-refractivity contribution in [2.45, 2.75) is 11.6 Å². The third-order valence-corrected chi connectivity index (χ3v) is 4.45. The van der Waals surface area contributed by atoms with Crippen molar-refractivity contribution in [1.82, 2.24) is 9.97 Å². The molecule has 0 aliphatic carbocycles. The van der Waals surface area contributed by atoms with Crippen LogP contribution in [-0.2, 0) is 6.42 Å². The summed E-state index contributed by atoms with van der Waals surface area (Å²) in [5.41, 5.74) is 7.26. The first-order chi connectivity index (χ1) is 9.33. The Hall–Kier alpha value is -1.59. The zero-order valence-corrected chi connectivity index (χ0v) is 11.9. The fraction of sp³-hybridized carbons (Fsp3) is 0.143. The van der Waals surface area contributed by atoms with Gasteiger partial charge in [0, 0.05) is 5.75 Å². The molecule has 2 heterocycles. The first-order valence-corrected chi connectivity index (χ1v) is 7.87. The van der Waals surface area contributed by atoms with Gasteiger partial charge in [-0.1, -0.05) is 42.1 Å². The molecule has 0 bridgehead atoms. The number of aryl methyl sites for hydroxylation is 1. The summed E-state index contributed by atoms with van der Waals surface area (Å²) in [5.74, 6) is 1.54. The van der Waals surface area contributed by atoms with Crippen LogP contribution in [0.25, 0.3) is 10.2 Å². The average Bonchev–Trinajstić information content (AvgIpc) is 2.89. The molecule has 5 heteroatoms. The third kappa shape index (κ3) is 2.88. The molecule has 0 atom stereocenters. The van der Waals surface area contributed by atoms with Crippen LogP contribution in [0, 0.1) is 0 Å². The minimum Gasteiger partial charge on any atom is -0.383 e. The molecule has 0 saturated carbocycles. The molecule has 3 rings (SSSR count). The number of nitrogen functional groups attached to an aromatic ring is 1. The van der Waals surface area contributed by atoms with Gasteiger partial charge in [-0.05, 0) is 23.4 Å². The van der Waals surface area contributed by atoms with Crippen molar-refractivity contribution in [3.63, 3.8) is 0 Å². The summed E-state index contributed by atoms with van der Waals surface area (Å²) in [6.07, 6.45) is 1.01. The molecular weight excluding hydrogens is 274 g/mol. The molecule has 1 aromatic carbocycles. The van der Waals surface area contributed by atoms with Crippen LogP contribution >= 0.6 is 23.1 Å². The highest BCUT2D eigenvalue weighted by Crippen LogP contribution is 2.26. The largest absolute Gasteiger partial charge is 0.383 e. The van der Waals surface area contributed by atoms with Gasteiger partial charge in [0.05, 0.1) is 5.39 Å². The van der Waals surface area contributed by atoms with Gasteiger partial charge in [0.2, 0.25) is 0 Å². The summed E-state index contributed by atoms with van der Waals surface area (Å²) in [4.78, 5) is 9.83. The smallest absolute Gasteiger partial charge is 0.190 e. The second-order valence-corrected chi connectivity index (χ2v) is 6.07. The normalized spacial score (nSPS) is 10.9. The van der Waals surface area contributed by atoms with E-state index in [1.54, 1.807) is 23.1 Å². The number of anilines is 1. The third-order valence-electron chi connectivity index (χ3n) is 2.80. The van der Waals surface area contributed by atoms with Crippen LogP contribution in [0.2, 0.25) is 0 Å². The quantitative estimate of drug-likeness (QED) is 0.588. The van der Waals surface area contributed by atoms with Crippen LogP contribution in [0.5, 0.6) is 0 Å². The van der Waals surface area contributed by atoms with Gasteiger partial charge >= 0.3 is 0 Å². The molecule has 0 amide bonds. The fourth-order valence-electron chi connectivity index (χ4n) is 1.83. The topological polar surface area (TPSA) is 51.8 Å². The summed E-state index contributed by atoms with van der Waals surface area (Å²) in [6, 6.07) is 12.4. The van der Waals surface area contributed by atoms with Gasteiger partial charge in [0.15, 0.2) is 5.16 Å². The van der Waals surface area contributed by atoms with Crippen molar-refractivity contribution in [2.75, 3.05) is 11.5 Å². The van der Waals surface area contributed by atoms with Gasteiger partial charge in [-0.15, -0.1) is 11.3 Å². The van der Waals surface area contributed by atoms with E-state index in [1.807, 2.05) is 17.5 Å². The highest BCUT2D eigenvalue weighted by atomic mass is 32.2. The monoisotopic (exact) mass is 287 g/mol. The maximum absolute atomic E-state index is 5.93. The van der Waals surface area contributed by atoms with Gasteiger partial charge in [0.25, 0.3) is 0 Å². The van der Waals surface area contributed by atoms with Crippen molar-refractivity contribution in [2.24, 2.45) is 0 Å². The van der Waals surface area contributed by atoms with Gasteiger partial charge in [-0.3, -0.25) is 0 Å². The van der Waals surface area contributed by atoms with Crippen LogP contribution in [0.15, 0.2) is 46.9 Å². The Morgan fingerprint density at radius 1 is 1.11 bits per heavy atom. The van der Waals surface area contributed by atoms with Crippen LogP contribution in [0.3, 0.4) is 0 Å². The minimum atomic E-state index is 0.577. The van der Waals surface area contributed by atoms with E-state index in [1.165, 1.54) is 5.56 Å². The van der Waals surface area contributed by atoms with Crippen LogP contribution < -0.4 is 5.73 Å². The average molecular weight is 287 g/mol. The molecular formula is C14H13N3S2. The van der Waals surface area contributed by atoms with E-state index in [2.05, 4.69) is 34.2 Å². The molecule has 0 fully saturated rings. The lowest BCUT2D eigenvalue weighted by molar-refractivity contribution is 1.01. The van der Waals surface area contributed by atoms with Gasteiger partial charge < -0.3 is 5.73 Å². The number of thioether (sulfide) groups is 1. The van der Waals surface area contributed by atoms with Gasteiger partial charge in [-0.2, -0.15) is 0 Å². The first-order valence-electron chi connectivity index (χ1n) is 6.00. The predicted molar refractivity (Wildman–Crippen MR) is 82.7 cm³/mol. The predicted octanol–water partition coefficient (Wildman–Crippen LogP) is 3.61. The van der Waals surface area contributed by atoms with E-state index in [0.717, 1.165) is 27.5 Å². The zero-order valence-electron chi connectivity index (χ0n) is 10.2. The van der Waals surface area contributed by atoms with E-state index < -0.39 is 0 Å². The summed E-state index contributed by atoms with van der Waals surface area (Å²) in [6.45, 7) is 0. The van der Waals surface area contributed by atoms with E-state index in [0.29, 0.717) is 5.82 Å². The molecule has 3 nitrogen and oxygen atoms in total. The summed E-state index contributed by atoms with van der Waals surface area (Å²) < 4.78 is 0.